The van der Waals surface area contributed by atoms with Gasteiger partial charge in [0.05, 0.1) is 5.92 Å². The number of benzene rings is 1. The number of aryl methyl sites for hydroxylation is 3. The normalized spacial score (nSPS) is 20.3. The van der Waals surface area contributed by atoms with Crippen LogP contribution < -0.4 is 5.32 Å². The summed E-state index contributed by atoms with van der Waals surface area (Å²) in [5.41, 5.74) is 3.76. The summed E-state index contributed by atoms with van der Waals surface area (Å²) in [5, 5.41) is 6.85. The number of hydrogen-bond donors (Lipinski definition) is 1. The van der Waals surface area contributed by atoms with E-state index in [9.17, 15) is 13.2 Å². The molecule has 1 saturated heterocycles. The molecule has 7 nitrogen and oxygen atoms in total. The minimum Gasteiger partial charge on any atom is -0.360 e. The molecule has 29 heavy (non-hydrogen) atoms. The number of aromatic nitrogens is 1. The van der Waals surface area contributed by atoms with Crippen LogP contribution in [0.3, 0.4) is 0 Å². The van der Waals surface area contributed by atoms with Crippen molar-refractivity contribution in [3.8, 4) is 0 Å². The van der Waals surface area contributed by atoms with Crippen molar-refractivity contribution in [2.45, 2.75) is 57.3 Å². The van der Waals surface area contributed by atoms with Crippen molar-refractivity contribution in [1.29, 1.82) is 0 Å². The van der Waals surface area contributed by atoms with Crippen molar-refractivity contribution in [2.75, 3.05) is 18.4 Å². The minimum atomic E-state index is -3.74. The Morgan fingerprint density at radius 1 is 1.21 bits per heavy atom. The lowest BCUT2D eigenvalue weighted by Crippen LogP contribution is -2.44. The number of sulfonamides is 1. The quantitative estimate of drug-likeness (QED) is 0.825. The van der Waals surface area contributed by atoms with Gasteiger partial charge in [-0.1, -0.05) is 17.3 Å². The highest BCUT2D eigenvalue weighted by Crippen LogP contribution is 2.30. The van der Waals surface area contributed by atoms with Gasteiger partial charge in [0, 0.05) is 18.8 Å². The van der Waals surface area contributed by atoms with Crippen LogP contribution in [0.2, 0.25) is 0 Å². The smallest absolute Gasteiger partial charge is 0.248 e. The maximum Gasteiger partial charge on any atom is 0.248 e. The fourth-order valence-electron chi connectivity index (χ4n) is 4.48. The SMILES string of the molecule is Cc1noc(C)c1S(=O)(=O)N1CCCC(C(=O)Nc2cccc3c2CCCC3)C1. The number of hydrogen-bond acceptors (Lipinski definition) is 5. The van der Waals surface area contributed by atoms with Gasteiger partial charge in [0.1, 0.15) is 10.6 Å². The predicted molar refractivity (Wildman–Crippen MR) is 109 cm³/mol. The molecule has 2 aromatic rings. The van der Waals surface area contributed by atoms with Crippen LogP contribution in [0, 0.1) is 19.8 Å². The zero-order valence-electron chi connectivity index (χ0n) is 16.9. The largest absolute Gasteiger partial charge is 0.360 e. The number of carbonyl (C=O) groups excluding carboxylic acids is 1. The van der Waals surface area contributed by atoms with E-state index in [4.69, 9.17) is 4.52 Å². The van der Waals surface area contributed by atoms with Gasteiger partial charge in [-0.15, -0.1) is 0 Å². The van der Waals surface area contributed by atoms with Crippen molar-refractivity contribution < 1.29 is 17.7 Å². The topological polar surface area (TPSA) is 92.5 Å². The Bertz CT molecular complexity index is 1010. The van der Waals surface area contributed by atoms with E-state index in [1.54, 1.807) is 13.8 Å². The third-order valence-electron chi connectivity index (χ3n) is 5.97. The van der Waals surface area contributed by atoms with Crippen molar-refractivity contribution >= 4 is 21.6 Å². The first kappa shape index (κ1) is 20.1. The van der Waals surface area contributed by atoms with Crippen LogP contribution in [0.4, 0.5) is 5.69 Å². The van der Waals surface area contributed by atoms with Gasteiger partial charge in [0.15, 0.2) is 5.76 Å². The highest BCUT2D eigenvalue weighted by atomic mass is 32.2. The second kappa shape index (κ2) is 7.91. The molecule has 1 unspecified atom stereocenters. The molecular weight excluding hydrogens is 390 g/mol. The highest BCUT2D eigenvalue weighted by Gasteiger charge is 2.36. The average molecular weight is 418 g/mol. The van der Waals surface area contributed by atoms with Gasteiger partial charge in [0.25, 0.3) is 0 Å². The molecule has 1 aliphatic heterocycles. The van der Waals surface area contributed by atoms with Gasteiger partial charge in [-0.25, -0.2) is 8.42 Å². The molecule has 0 radical (unpaired) electrons. The zero-order valence-corrected chi connectivity index (χ0v) is 17.7. The third kappa shape index (κ3) is 3.83. The van der Waals surface area contributed by atoms with Crippen molar-refractivity contribution in [3.63, 3.8) is 0 Å². The summed E-state index contributed by atoms with van der Waals surface area (Å²) in [6.07, 6.45) is 5.66. The number of amides is 1. The van der Waals surface area contributed by atoms with E-state index in [2.05, 4.69) is 16.5 Å². The maximum absolute atomic E-state index is 13.1. The van der Waals surface area contributed by atoms with Gasteiger partial charge in [0.2, 0.25) is 15.9 Å². The maximum atomic E-state index is 13.1. The molecular formula is C21H27N3O4S. The molecule has 1 fully saturated rings. The minimum absolute atomic E-state index is 0.109. The molecule has 2 aliphatic rings. The molecule has 2 heterocycles. The lowest BCUT2D eigenvalue weighted by atomic mass is 9.90. The van der Waals surface area contributed by atoms with E-state index in [1.807, 2.05) is 12.1 Å². The Balaban J connectivity index is 1.51. The van der Waals surface area contributed by atoms with Crippen LogP contribution >= 0.6 is 0 Å². The Labute approximate surface area is 171 Å². The van der Waals surface area contributed by atoms with Crippen LogP contribution in [0.15, 0.2) is 27.6 Å². The molecule has 1 N–H and O–H groups in total. The predicted octanol–water partition coefficient (Wildman–Crippen LogP) is 3.21. The summed E-state index contributed by atoms with van der Waals surface area (Å²) in [7, 11) is -3.74. The summed E-state index contributed by atoms with van der Waals surface area (Å²) >= 11 is 0. The van der Waals surface area contributed by atoms with Crippen LogP contribution in [0.1, 0.15) is 48.3 Å². The van der Waals surface area contributed by atoms with E-state index in [0.29, 0.717) is 25.1 Å². The first-order chi connectivity index (χ1) is 13.9. The zero-order chi connectivity index (χ0) is 20.6. The molecule has 0 spiro atoms. The van der Waals surface area contributed by atoms with E-state index in [-0.39, 0.29) is 29.0 Å². The Kier molecular flexibility index (Phi) is 5.48. The fourth-order valence-corrected chi connectivity index (χ4v) is 6.29. The molecule has 4 rings (SSSR count). The van der Waals surface area contributed by atoms with E-state index in [1.165, 1.54) is 21.9 Å². The summed E-state index contributed by atoms with van der Waals surface area (Å²) < 4.78 is 32.6. The van der Waals surface area contributed by atoms with Crippen LogP contribution in [0.5, 0.6) is 0 Å². The number of anilines is 1. The summed E-state index contributed by atoms with van der Waals surface area (Å²) in [6, 6.07) is 6.06. The second-order valence-corrected chi connectivity index (χ2v) is 9.87. The summed E-state index contributed by atoms with van der Waals surface area (Å²) in [4.78, 5) is 13.1. The molecule has 8 heteroatoms. The first-order valence-electron chi connectivity index (χ1n) is 10.2. The standard InChI is InChI=1S/C21H27N3O4S/c1-14-20(15(2)28-23-14)29(26,27)24-12-6-9-17(13-24)21(25)22-19-11-5-8-16-7-3-4-10-18(16)19/h5,8,11,17H,3-4,6-7,9-10,12-13H2,1-2H3,(H,22,25). The number of nitrogens with one attached hydrogen (secondary N) is 1. The fraction of sp³-hybridized carbons (Fsp3) is 0.524. The highest BCUT2D eigenvalue weighted by molar-refractivity contribution is 7.89. The van der Waals surface area contributed by atoms with E-state index < -0.39 is 10.0 Å². The molecule has 1 aromatic heterocycles. The Hall–Kier alpha value is -2.19. The number of carbonyl (C=O) groups is 1. The van der Waals surface area contributed by atoms with Crippen molar-refractivity contribution in [1.82, 2.24) is 9.46 Å². The van der Waals surface area contributed by atoms with Gasteiger partial charge in [-0.2, -0.15) is 4.31 Å². The van der Waals surface area contributed by atoms with Crippen molar-refractivity contribution in [2.24, 2.45) is 5.92 Å². The molecule has 0 saturated carbocycles. The lowest BCUT2D eigenvalue weighted by molar-refractivity contribution is -0.120. The molecule has 156 valence electrons. The van der Waals surface area contributed by atoms with Crippen LogP contribution in [-0.4, -0.2) is 36.9 Å². The first-order valence-corrected chi connectivity index (χ1v) is 11.7. The third-order valence-corrected chi connectivity index (χ3v) is 8.08. The molecule has 1 aromatic carbocycles. The number of piperidine rings is 1. The van der Waals surface area contributed by atoms with Gasteiger partial charge in [-0.3, -0.25) is 4.79 Å². The Morgan fingerprint density at radius 2 is 2.00 bits per heavy atom. The van der Waals surface area contributed by atoms with Crippen LogP contribution in [-0.2, 0) is 27.7 Å². The molecule has 1 amide bonds. The van der Waals surface area contributed by atoms with E-state index >= 15 is 0 Å². The number of rotatable bonds is 4. The summed E-state index contributed by atoms with van der Waals surface area (Å²) in [5.74, 6) is -0.203. The number of nitrogens with zero attached hydrogens (tertiary/aromatic N) is 2. The monoisotopic (exact) mass is 417 g/mol. The molecule has 1 atom stereocenters. The molecule has 0 bridgehead atoms. The van der Waals surface area contributed by atoms with Gasteiger partial charge < -0.3 is 9.84 Å². The lowest BCUT2D eigenvalue weighted by Gasteiger charge is -2.31. The van der Waals surface area contributed by atoms with Gasteiger partial charge in [-0.05, 0) is 69.6 Å². The summed E-state index contributed by atoms with van der Waals surface area (Å²) in [6.45, 7) is 3.79. The van der Waals surface area contributed by atoms with E-state index in [0.717, 1.165) is 24.9 Å². The van der Waals surface area contributed by atoms with Crippen molar-refractivity contribution in [3.05, 3.63) is 40.8 Å². The second-order valence-electron chi connectivity index (χ2n) is 8.00. The average Bonchev–Trinajstić information content (AvgIpc) is 3.07. The number of fused-ring (bicyclic) bond motifs is 1. The molecule has 1 aliphatic carbocycles. The Morgan fingerprint density at radius 3 is 2.76 bits per heavy atom. The van der Waals surface area contributed by atoms with Crippen LogP contribution in [0.25, 0.3) is 0 Å². The van der Waals surface area contributed by atoms with Gasteiger partial charge >= 0.3 is 0 Å².